The molecule has 2 aromatic rings. The molecule has 5 nitrogen and oxygen atoms in total. The molecule has 0 amide bonds. The van der Waals surface area contributed by atoms with Crippen LogP contribution in [0.2, 0.25) is 0 Å². The molecule has 1 aliphatic rings. The van der Waals surface area contributed by atoms with Crippen LogP contribution in [-0.4, -0.2) is 44.5 Å². The topological polar surface area (TPSA) is 50.8 Å². The van der Waals surface area contributed by atoms with Crippen molar-refractivity contribution < 1.29 is 14.3 Å². The lowest BCUT2D eigenvalue weighted by molar-refractivity contribution is 0.101. The maximum atomic E-state index is 10.7. The molecule has 2 aromatic carbocycles. The maximum Gasteiger partial charge on any atom is 0.159 e. The normalized spacial score (nSPS) is 13.8. The number of carbonyl (C=O) groups excluding carboxylic acids is 1. The highest BCUT2D eigenvalue weighted by atomic mass is 79.9. The molecule has 0 aliphatic carbocycles. The summed E-state index contributed by atoms with van der Waals surface area (Å²) < 4.78 is 12.1. The Bertz CT molecular complexity index is 1040. The van der Waals surface area contributed by atoms with Crippen molar-refractivity contribution in [2.75, 3.05) is 33.9 Å². The Morgan fingerprint density at radius 2 is 1.57 bits per heavy atom. The van der Waals surface area contributed by atoms with Crippen LogP contribution >= 0.6 is 15.9 Å². The minimum absolute atomic E-state index is 0.104. The predicted molar refractivity (Wildman–Crippen MR) is 174 cm³/mol. The Morgan fingerprint density at radius 1 is 0.950 bits per heavy atom. The third-order valence-electron chi connectivity index (χ3n) is 6.61. The number of unbranched alkanes of at least 4 members (excludes halogenated alkanes) is 3. The Hall–Kier alpha value is -2.57. The van der Waals surface area contributed by atoms with Crippen LogP contribution < -0.4 is 14.8 Å². The number of hydrogen-bond donors (Lipinski definition) is 1. The summed E-state index contributed by atoms with van der Waals surface area (Å²) >= 11 is 3.28. The molecule has 6 heteroatoms. The van der Waals surface area contributed by atoms with Crippen molar-refractivity contribution in [3.8, 4) is 11.5 Å². The van der Waals surface area contributed by atoms with E-state index in [0.29, 0.717) is 0 Å². The summed E-state index contributed by atoms with van der Waals surface area (Å²) in [6.45, 7) is 15.5. The van der Waals surface area contributed by atoms with Crippen LogP contribution in [0.1, 0.15) is 94.2 Å². The molecular weight excluding hydrogens is 564 g/mol. The zero-order valence-electron chi connectivity index (χ0n) is 26.0. The molecule has 3 rings (SSSR count). The quantitative estimate of drug-likeness (QED) is 0.180. The first-order valence-electron chi connectivity index (χ1n) is 14.7. The van der Waals surface area contributed by atoms with E-state index in [2.05, 4.69) is 70.5 Å². The van der Waals surface area contributed by atoms with E-state index in [-0.39, 0.29) is 11.8 Å². The summed E-state index contributed by atoms with van der Waals surface area (Å²) in [4.78, 5) is 13.3. The lowest BCUT2D eigenvalue weighted by atomic mass is 9.99. The van der Waals surface area contributed by atoms with E-state index in [4.69, 9.17) is 9.47 Å². The van der Waals surface area contributed by atoms with Crippen LogP contribution in [0.4, 0.5) is 0 Å². The van der Waals surface area contributed by atoms with Gasteiger partial charge in [-0.2, -0.15) is 0 Å². The van der Waals surface area contributed by atoms with Crippen molar-refractivity contribution in [3.63, 3.8) is 0 Å². The van der Waals surface area contributed by atoms with Crippen LogP contribution in [0.3, 0.4) is 0 Å². The number of benzene rings is 2. The largest absolute Gasteiger partial charge is 0.496 e. The number of methoxy groups -OCH3 is 2. The molecule has 1 N–H and O–H groups in total. The number of Topliss-reactive ketones (excluding diaryl/α,β-unsaturated/α-hetero) is 1. The molecule has 0 radical (unpaired) electrons. The summed E-state index contributed by atoms with van der Waals surface area (Å²) in [7, 11) is 3.42. The third kappa shape index (κ3) is 12.3. The number of ether oxygens (including phenoxy) is 2. The van der Waals surface area contributed by atoms with Crippen LogP contribution in [0.5, 0.6) is 11.5 Å². The van der Waals surface area contributed by atoms with Gasteiger partial charge in [-0.1, -0.05) is 81.1 Å². The lowest BCUT2D eigenvalue weighted by Gasteiger charge is -2.26. The van der Waals surface area contributed by atoms with E-state index in [1.807, 2.05) is 32.9 Å². The second-order valence-electron chi connectivity index (χ2n) is 9.67. The van der Waals surface area contributed by atoms with E-state index in [1.165, 1.54) is 44.2 Å². The van der Waals surface area contributed by atoms with E-state index in [0.717, 1.165) is 45.8 Å². The third-order valence-corrected chi connectivity index (χ3v) is 7.14. The van der Waals surface area contributed by atoms with Gasteiger partial charge < -0.3 is 14.8 Å². The monoisotopic (exact) mass is 614 g/mol. The maximum absolute atomic E-state index is 10.7. The smallest absolute Gasteiger partial charge is 0.159 e. The minimum Gasteiger partial charge on any atom is -0.496 e. The molecule has 0 spiro atoms. The van der Waals surface area contributed by atoms with Gasteiger partial charge in [-0.05, 0) is 87.5 Å². The first-order valence-corrected chi connectivity index (χ1v) is 15.5. The number of halogens is 1. The van der Waals surface area contributed by atoms with Gasteiger partial charge in [-0.3, -0.25) is 9.69 Å². The summed E-state index contributed by atoms with van der Waals surface area (Å²) in [6, 6.07) is 11.7. The number of carbonyl (C=O) groups is 1. The van der Waals surface area contributed by atoms with Crippen molar-refractivity contribution in [1.82, 2.24) is 10.2 Å². The van der Waals surface area contributed by atoms with Gasteiger partial charge in [0.25, 0.3) is 0 Å². The van der Waals surface area contributed by atoms with E-state index >= 15 is 0 Å². The van der Waals surface area contributed by atoms with Crippen LogP contribution in [0.15, 0.2) is 64.8 Å². The molecule has 0 bridgehead atoms. The highest BCUT2D eigenvalue weighted by Crippen LogP contribution is 2.33. The van der Waals surface area contributed by atoms with Gasteiger partial charge in [0.05, 0.1) is 20.3 Å². The van der Waals surface area contributed by atoms with Crippen LogP contribution in [0, 0.1) is 6.92 Å². The van der Waals surface area contributed by atoms with Gasteiger partial charge >= 0.3 is 0 Å². The Balaban J connectivity index is 0.000000555. The predicted octanol–water partition coefficient (Wildman–Crippen LogP) is 9.07. The number of dihydropyridines is 1. The lowest BCUT2D eigenvalue weighted by Crippen LogP contribution is -2.29. The Kier molecular flexibility index (Phi) is 18.0. The van der Waals surface area contributed by atoms with Crippen molar-refractivity contribution in [3.05, 3.63) is 81.5 Å². The average Bonchev–Trinajstić information content (AvgIpc) is 2.97. The molecule has 0 aromatic heterocycles. The minimum atomic E-state index is 0.104. The fraction of sp³-hybridized carbons (Fsp3) is 0.500. The van der Waals surface area contributed by atoms with Crippen molar-refractivity contribution >= 4 is 21.7 Å². The fourth-order valence-corrected chi connectivity index (χ4v) is 4.72. The Labute approximate surface area is 252 Å². The Morgan fingerprint density at radius 3 is 2.10 bits per heavy atom. The van der Waals surface area contributed by atoms with Gasteiger partial charge in [0.1, 0.15) is 11.5 Å². The van der Waals surface area contributed by atoms with Crippen LogP contribution in [-0.2, 0) is 0 Å². The van der Waals surface area contributed by atoms with E-state index in [9.17, 15) is 4.79 Å². The van der Waals surface area contributed by atoms with Crippen LogP contribution in [0.25, 0.3) is 0 Å². The van der Waals surface area contributed by atoms with Gasteiger partial charge in [0.2, 0.25) is 0 Å². The van der Waals surface area contributed by atoms with Crippen molar-refractivity contribution in [2.45, 2.75) is 79.7 Å². The highest BCUT2D eigenvalue weighted by Gasteiger charge is 2.17. The summed E-state index contributed by atoms with van der Waals surface area (Å²) in [5.41, 5.74) is 4.31. The number of hydrogen-bond acceptors (Lipinski definition) is 5. The van der Waals surface area contributed by atoms with Gasteiger partial charge in [0.15, 0.2) is 5.78 Å². The molecule has 0 saturated carbocycles. The highest BCUT2D eigenvalue weighted by molar-refractivity contribution is 9.10. The van der Waals surface area contributed by atoms with E-state index < -0.39 is 0 Å². The zero-order chi connectivity index (χ0) is 29.9. The fourth-order valence-electron chi connectivity index (χ4n) is 4.45. The molecule has 40 heavy (non-hydrogen) atoms. The summed E-state index contributed by atoms with van der Waals surface area (Å²) in [6.07, 6.45) is 13.0. The second kappa shape index (κ2) is 20.3. The SMILES string of the molecule is CC.CC(=O)c1ccc(Br)cc1.CCCCCCN(CCC)CC1=CC(c2cc(OC)c(C)c(OC)c2)NC=C1. The van der Waals surface area contributed by atoms with Gasteiger partial charge in [-0.25, -0.2) is 0 Å². The molecule has 1 unspecified atom stereocenters. The molecule has 0 fully saturated rings. The molecule has 1 aliphatic heterocycles. The summed E-state index contributed by atoms with van der Waals surface area (Å²) in [5.74, 6) is 1.83. The number of nitrogens with one attached hydrogen (secondary N) is 1. The second-order valence-corrected chi connectivity index (χ2v) is 10.6. The number of rotatable bonds is 13. The zero-order valence-corrected chi connectivity index (χ0v) is 27.6. The first kappa shape index (κ1) is 35.5. The number of nitrogens with zero attached hydrogens (tertiary/aromatic N) is 1. The molecule has 0 saturated heterocycles. The van der Waals surface area contributed by atoms with Crippen molar-refractivity contribution in [2.24, 2.45) is 0 Å². The van der Waals surface area contributed by atoms with E-state index in [1.54, 1.807) is 33.3 Å². The first-order chi connectivity index (χ1) is 19.3. The number of ketones is 1. The molecule has 1 atom stereocenters. The molecule has 222 valence electrons. The molecular formula is C34H51BrN2O3. The van der Waals surface area contributed by atoms with Gasteiger partial charge in [0, 0.05) is 22.1 Å². The standard InChI is InChI=1S/C24H38N2O2.C8H7BrO.C2H6/c1-6-8-9-10-14-26(13-7-2)18-20-11-12-25-22(15-20)21-16-23(27-4)19(3)24(17-21)28-5;1-6(10)7-2-4-8(9)5-3-7;1-2/h11-12,15-17,22,25H,6-10,13-14,18H2,1-5H3;2-5H,1H3;1-2H3. The average molecular weight is 616 g/mol. The summed E-state index contributed by atoms with van der Waals surface area (Å²) in [5, 5.41) is 3.47. The molecule has 1 heterocycles. The van der Waals surface area contributed by atoms with Crippen molar-refractivity contribution in [1.29, 1.82) is 0 Å². The van der Waals surface area contributed by atoms with Gasteiger partial charge in [-0.15, -0.1) is 0 Å².